The molecule has 3 atom stereocenters. The van der Waals surface area contributed by atoms with Gasteiger partial charge in [0.15, 0.2) is 0 Å². The fourth-order valence-electron chi connectivity index (χ4n) is 4.15. The van der Waals surface area contributed by atoms with Gasteiger partial charge in [0.2, 0.25) is 0 Å². The van der Waals surface area contributed by atoms with Gasteiger partial charge in [0.1, 0.15) is 0 Å². The molecule has 2 heterocycles. The van der Waals surface area contributed by atoms with Gasteiger partial charge < -0.3 is 19.4 Å². The number of nitrogens with one attached hydrogen (secondary N) is 1. The van der Waals surface area contributed by atoms with Gasteiger partial charge in [-0.1, -0.05) is 6.08 Å². The van der Waals surface area contributed by atoms with E-state index in [-0.39, 0.29) is 18.1 Å². The Morgan fingerprint density at radius 3 is 3.20 bits per heavy atom. The molecule has 0 radical (unpaired) electrons. The molecular formula is C20H24N2O3. The molecule has 1 saturated heterocycles. The molecular weight excluding hydrogens is 316 g/mol. The Bertz CT molecular complexity index is 769. The van der Waals surface area contributed by atoms with Crippen LogP contribution >= 0.6 is 0 Å². The average molecular weight is 340 g/mol. The third kappa shape index (κ3) is 3.10. The summed E-state index contributed by atoms with van der Waals surface area (Å²) in [6.07, 6.45) is 5.76. The van der Waals surface area contributed by atoms with E-state index < -0.39 is 0 Å². The Hall–Kier alpha value is -2.11. The van der Waals surface area contributed by atoms with E-state index in [1.165, 1.54) is 0 Å². The lowest BCUT2D eigenvalue weighted by Gasteiger charge is -2.39. The maximum atomic E-state index is 13.1. The second kappa shape index (κ2) is 7.02. The van der Waals surface area contributed by atoms with Crippen molar-refractivity contribution in [1.82, 2.24) is 9.88 Å². The first-order chi connectivity index (χ1) is 12.3. The number of hydrogen-bond acceptors (Lipinski definition) is 3. The monoisotopic (exact) mass is 340 g/mol. The van der Waals surface area contributed by atoms with Gasteiger partial charge in [-0.15, -0.1) is 6.58 Å². The molecule has 0 spiro atoms. The van der Waals surface area contributed by atoms with Crippen LogP contribution in [0.2, 0.25) is 0 Å². The molecule has 1 aliphatic carbocycles. The van der Waals surface area contributed by atoms with Crippen LogP contribution in [0.4, 0.5) is 0 Å². The van der Waals surface area contributed by atoms with Gasteiger partial charge in [0.25, 0.3) is 5.91 Å². The van der Waals surface area contributed by atoms with Crippen molar-refractivity contribution < 1.29 is 14.3 Å². The number of carbonyl (C=O) groups is 1. The minimum atomic E-state index is 0.0819. The molecule has 2 fully saturated rings. The molecule has 1 aromatic carbocycles. The van der Waals surface area contributed by atoms with Crippen LogP contribution in [0, 0.1) is 5.92 Å². The summed E-state index contributed by atoms with van der Waals surface area (Å²) in [7, 11) is 0. The number of ether oxygens (including phenoxy) is 2. The second-order valence-electron chi connectivity index (χ2n) is 6.84. The number of aromatic amines is 1. The van der Waals surface area contributed by atoms with Crippen molar-refractivity contribution in [3.05, 3.63) is 48.7 Å². The molecule has 0 bridgehead atoms. The molecule has 1 saturated carbocycles. The summed E-state index contributed by atoms with van der Waals surface area (Å²) in [6, 6.07) is 8.00. The molecule has 5 nitrogen and oxygen atoms in total. The topological polar surface area (TPSA) is 54.6 Å². The van der Waals surface area contributed by atoms with Crippen LogP contribution < -0.4 is 0 Å². The molecule has 1 aromatic heterocycles. The standard InChI is InChI=1S/C20H24N2O3/c1-2-10-24-13-16-4-6-18-19(16)25-11-9-22(18)20(23)15-3-5-17-14(12-15)7-8-21-17/h2-3,5,7-8,12,16,18-19,21H,1,4,6,9-11,13H2/t16-,18-,19-/m0/s1. The predicted molar refractivity (Wildman–Crippen MR) is 96.6 cm³/mol. The van der Waals surface area contributed by atoms with Crippen LogP contribution in [-0.4, -0.2) is 54.3 Å². The van der Waals surface area contributed by atoms with Crippen LogP contribution in [0.15, 0.2) is 43.1 Å². The first-order valence-corrected chi connectivity index (χ1v) is 8.96. The van der Waals surface area contributed by atoms with Gasteiger partial charge in [-0.25, -0.2) is 0 Å². The van der Waals surface area contributed by atoms with E-state index in [2.05, 4.69) is 11.6 Å². The quantitative estimate of drug-likeness (QED) is 0.672. The SMILES string of the molecule is C=CCOC[C@@H]1CC[C@H]2[C@H]1OCCN2C(=O)c1ccc2[nH]ccc2c1. The van der Waals surface area contributed by atoms with Crippen LogP contribution in [-0.2, 0) is 9.47 Å². The normalized spacial score (nSPS) is 25.9. The molecule has 0 unspecified atom stereocenters. The van der Waals surface area contributed by atoms with E-state index in [9.17, 15) is 4.79 Å². The number of benzene rings is 1. The minimum absolute atomic E-state index is 0.0819. The Labute approximate surface area is 147 Å². The van der Waals surface area contributed by atoms with Crippen molar-refractivity contribution in [2.24, 2.45) is 5.92 Å². The van der Waals surface area contributed by atoms with Gasteiger partial charge in [-0.2, -0.15) is 0 Å². The number of aromatic nitrogens is 1. The van der Waals surface area contributed by atoms with Crippen molar-refractivity contribution in [2.45, 2.75) is 25.0 Å². The molecule has 132 valence electrons. The third-order valence-corrected chi connectivity index (χ3v) is 5.35. The summed E-state index contributed by atoms with van der Waals surface area (Å²) in [4.78, 5) is 18.3. The average Bonchev–Trinajstić information content (AvgIpc) is 3.27. The molecule has 2 aliphatic rings. The number of amides is 1. The highest BCUT2D eigenvalue weighted by atomic mass is 16.5. The number of carbonyl (C=O) groups excluding carboxylic acids is 1. The zero-order valence-corrected chi connectivity index (χ0v) is 14.3. The highest BCUT2D eigenvalue weighted by Crippen LogP contribution is 2.35. The Balaban J connectivity index is 1.50. The van der Waals surface area contributed by atoms with E-state index in [4.69, 9.17) is 9.47 Å². The summed E-state index contributed by atoms with van der Waals surface area (Å²) in [5.74, 6) is 0.460. The molecule has 1 N–H and O–H groups in total. The van der Waals surface area contributed by atoms with E-state index >= 15 is 0 Å². The van der Waals surface area contributed by atoms with Crippen LogP contribution in [0.1, 0.15) is 23.2 Å². The Morgan fingerprint density at radius 1 is 1.40 bits per heavy atom. The van der Waals surface area contributed by atoms with Crippen LogP contribution in [0.25, 0.3) is 10.9 Å². The van der Waals surface area contributed by atoms with Crippen molar-refractivity contribution in [3.8, 4) is 0 Å². The summed E-state index contributed by atoms with van der Waals surface area (Å²) >= 11 is 0. The van der Waals surface area contributed by atoms with Crippen molar-refractivity contribution >= 4 is 16.8 Å². The number of fused-ring (bicyclic) bond motifs is 2. The summed E-state index contributed by atoms with van der Waals surface area (Å²) in [5, 5.41) is 1.07. The van der Waals surface area contributed by atoms with Gasteiger partial charge in [0.05, 0.1) is 32.0 Å². The molecule has 25 heavy (non-hydrogen) atoms. The lowest BCUT2D eigenvalue weighted by molar-refractivity contribution is -0.0738. The smallest absolute Gasteiger partial charge is 0.254 e. The second-order valence-corrected chi connectivity index (χ2v) is 6.84. The van der Waals surface area contributed by atoms with E-state index in [0.29, 0.717) is 32.3 Å². The summed E-state index contributed by atoms with van der Waals surface area (Å²) in [5.41, 5.74) is 1.80. The van der Waals surface area contributed by atoms with E-state index in [0.717, 1.165) is 29.3 Å². The zero-order valence-electron chi connectivity index (χ0n) is 14.3. The van der Waals surface area contributed by atoms with E-state index in [1.807, 2.05) is 35.4 Å². The van der Waals surface area contributed by atoms with Crippen molar-refractivity contribution in [2.75, 3.05) is 26.4 Å². The molecule has 4 rings (SSSR count). The maximum absolute atomic E-state index is 13.1. The number of nitrogens with zero attached hydrogens (tertiary/aromatic N) is 1. The molecule has 5 heteroatoms. The fraction of sp³-hybridized carbons (Fsp3) is 0.450. The molecule has 2 aromatic rings. The maximum Gasteiger partial charge on any atom is 0.254 e. The van der Waals surface area contributed by atoms with Gasteiger partial charge in [0, 0.05) is 35.1 Å². The first-order valence-electron chi connectivity index (χ1n) is 8.96. The van der Waals surface area contributed by atoms with E-state index in [1.54, 1.807) is 6.08 Å². The minimum Gasteiger partial charge on any atom is -0.377 e. The van der Waals surface area contributed by atoms with Crippen molar-refractivity contribution in [1.29, 1.82) is 0 Å². The zero-order chi connectivity index (χ0) is 17.2. The predicted octanol–water partition coefficient (Wildman–Crippen LogP) is 2.99. The molecule has 1 aliphatic heterocycles. The number of morpholine rings is 1. The number of H-pyrrole nitrogens is 1. The lowest BCUT2D eigenvalue weighted by atomic mass is 10.0. The van der Waals surface area contributed by atoms with Gasteiger partial charge in [-0.3, -0.25) is 4.79 Å². The number of hydrogen-bond donors (Lipinski definition) is 1. The molecule has 1 amide bonds. The first kappa shape index (κ1) is 16.4. The highest BCUT2D eigenvalue weighted by Gasteiger charge is 2.44. The van der Waals surface area contributed by atoms with Crippen LogP contribution in [0.3, 0.4) is 0 Å². The fourth-order valence-corrected chi connectivity index (χ4v) is 4.15. The largest absolute Gasteiger partial charge is 0.377 e. The highest BCUT2D eigenvalue weighted by molar-refractivity contribution is 5.98. The van der Waals surface area contributed by atoms with Crippen LogP contribution in [0.5, 0.6) is 0 Å². The summed E-state index contributed by atoms with van der Waals surface area (Å²) in [6.45, 7) is 6.17. The van der Waals surface area contributed by atoms with Gasteiger partial charge >= 0.3 is 0 Å². The Kier molecular flexibility index (Phi) is 4.59. The summed E-state index contributed by atoms with van der Waals surface area (Å²) < 4.78 is 11.6. The lowest BCUT2D eigenvalue weighted by Crippen LogP contribution is -2.53. The third-order valence-electron chi connectivity index (χ3n) is 5.35. The van der Waals surface area contributed by atoms with Crippen molar-refractivity contribution in [3.63, 3.8) is 0 Å². The Morgan fingerprint density at radius 2 is 2.32 bits per heavy atom. The van der Waals surface area contributed by atoms with Gasteiger partial charge in [-0.05, 0) is 37.1 Å². The number of rotatable bonds is 5.